The van der Waals surface area contributed by atoms with Crippen LogP contribution in [-0.2, 0) is 0 Å². The summed E-state index contributed by atoms with van der Waals surface area (Å²) < 4.78 is 0. The third kappa shape index (κ3) is 2.90. The van der Waals surface area contributed by atoms with E-state index in [1.165, 1.54) is 29.0 Å². The van der Waals surface area contributed by atoms with Gasteiger partial charge in [-0.15, -0.1) is 0 Å². The maximum Gasteiger partial charge on any atom is 0.337 e. The minimum Gasteiger partial charge on any atom is -0.478 e. The average molecular weight is 273 g/mol. The van der Waals surface area contributed by atoms with Crippen LogP contribution in [0.2, 0.25) is 0 Å². The first-order chi connectivity index (χ1) is 8.99. The zero-order valence-corrected chi connectivity index (χ0v) is 11.6. The van der Waals surface area contributed by atoms with Gasteiger partial charge in [-0.2, -0.15) is 0 Å². The van der Waals surface area contributed by atoms with Crippen LogP contribution in [0, 0.1) is 13.8 Å². The molecule has 0 fully saturated rings. The van der Waals surface area contributed by atoms with Crippen LogP contribution >= 0.6 is 11.8 Å². The number of carboxylic acid groups (broad SMARTS) is 1. The quantitative estimate of drug-likeness (QED) is 0.836. The monoisotopic (exact) mass is 273 g/mol. The molecule has 0 unspecified atom stereocenters. The van der Waals surface area contributed by atoms with Crippen molar-refractivity contribution >= 4 is 23.4 Å². The maximum atomic E-state index is 11.0. The zero-order valence-electron chi connectivity index (χ0n) is 10.8. The van der Waals surface area contributed by atoms with Crippen molar-refractivity contribution in [1.82, 2.24) is 0 Å². The summed E-state index contributed by atoms with van der Waals surface area (Å²) in [4.78, 5) is 12.9. The summed E-state index contributed by atoms with van der Waals surface area (Å²) >= 11 is 1.48. The van der Waals surface area contributed by atoms with Gasteiger partial charge in [0.15, 0.2) is 0 Å². The van der Waals surface area contributed by atoms with Crippen molar-refractivity contribution in [1.29, 1.82) is 0 Å². The Morgan fingerprint density at radius 1 is 1.16 bits per heavy atom. The Kier molecular flexibility index (Phi) is 3.81. The Bertz CT molecular complexity index is 638. The van der Waals surface area contributed by atoms with Crippen LogP contribution in [-0.4, -0.2) is 11.1 Å². The van der Waals surface area contributed by atoms with E-state index in [-0.39, 0.29) is 5.56 Å². The van der Waals surface area contributed by atoms with Gasteiger partial charge in [0.1, 0.15) is 0 Å². The highest BCUT2D eigenvalue weighted by Crippen LogP contribution is 2.34. The fourth-order valence-corrected chi connectivity index (χ4v) is 2.72. The smallest absolute Gasteiger partial charge is 0.337 e. The van der Waals surface area contributed by atoms with Gasteiger partial charge in [-0.1, -0.05) is 23.9 Å². The van der Waals surface area contributed by atoms with Gasteiger partial charge < -0.3 is 10.8 Å². The second kappa shape index (κ2) is 5.36. The van der Waals surface area contributed by atoms with Crippen molar-refractivity contribution in [3.8, 4) is 0 Å². The Balaban J connectivity index is 2.35. The molecule has 2 aromatic carbocycles. The number of rotatable bonds is 3. The van der Waals surface area contributed by atoms with E-state index in [9.17, 15) is 4.79 Å². The molecular weight excluding hydrogens is 258 g/mol. The molecule has 0 heterocycles. The predicted molar refractivity (Wildman–Crippen MR) is 77.9 cm³/mol. The largest absolute Gasteiger partial charge is 0.478 e. The Morgan fingerprint density at radius 2 is 1.89 bits per heavy atom. The summed E-state index contributed by atoms with van der Waals surface area (Å²) in [6, 6.07) is 11.2. The molecule has 98 valence electrons. The van der Waals surface area contributed by atoms with Gasteiger partial charge in [0.05, 0.1) is 11.3 Å². The first-order valence-corrected chi connectivity index (χ1v) is 6.67. The van der Waals surface area contributed by atoms with Crippen LogP contribution in [0.5, 0.6) is 0 Å². The van der Waals surface area contributed by atoms with Crippen molar-refractivity contribution in [2.45, 2.75) is 23.6 Å². The minimum absolute atomic E-state index is 0.147. The second-order valence-corrected chi connectivity index (χ2v) is 5.49. The Morgan fingerprint density at radius 3 is 2.53 bits per heavy atom. The summed E-state index contributed by atoms with van der Waals surface area (Å²) in [6.07, 6.45) is 0. The van der Waals surface area contributed by atoms with Crippen LogP contribution in [0.15, 0.2) is 46.2 Å². The van der Waals surface area contributed by atoms with E-state index in [4.69, 9.17) is 10.8 Å². The molecule has 0 aliphatic rings. The number of aromatic carboxylic acids is 1. The molecule has 2 rings (SSSR count). The summed E-state index contributed by atoms with van der Waals surface area (Å²) in [6.45, 7) is 4.11. The van der Waals surface area contributed by atoms with Gasteiger partial charge in [-0.25, -0.2) is 4.79 Å². The second-order valence-electron chi connectivity index (χ2n) is 4.37. The number of nitrogen functional groups attached to an aromatic ring is 1. The van der Waals surface area contributed by atoms with Crippen molar-refractivity contribution in [2.75, 3.05) is 5.73 Å². The molecular formula is C15H15NO2S. The molecule has 0 saturated heterocycles. The standard InChI is InChI=1S/C15H15NO2S/c1-9-6-7-11(8-10(9)2)19-13-5-3-4-12(14(13)16)15(17)18/h3-8H,16H2,1-2H3,(H,17,18). The molecule has 0 spiro atoms. The van der Waals surface area contributed by atoms with Crippen LogP contribution in [0.25, 0.3) is 0 Å². The van der Waals surface area contributed by atoms with Crippen molar-refractivity contribution in [3.05, 3.63) is 53.1 Å². The highest BCUT2D eigenvalue weighted by Gasteiger charge is 2.11. The molecule has 0 bridgehead atoms. The molecule has 3 N–H and O–H groups in total. The van der Waals surface area contributed by atoms with Gasteiger partial charge in [0, 0.05) is 9.79 Å². The number of anilines is 1. The van der Waals surface area contributed by atoms with Gasteiger partial charge >= 0.3 is 5.97 Å². The van der Waals surface area contributed by atoms with E-state index in [2.05, 4.69) is 26.0 Å². The highest BCUT2D eigenvalue weighted by molar-refractivity contribution is 7.99. The van der Waals surface area contributed by atoms with Crippen molar-refractivity contribution in [2.24, 2.45) is 0 Å². The molecule has 0 amide bonds. The van der Waals surface area contributed by atoms with E-state index in [1.54, 1.807) is 6.07 Å². The number of benzene rings is 2. The van der Waals surface area contributed by atoms with E-state index in [1.807, 2.05) is 12.1 Å². The zero-order chi connectivity index (χ0) is 14.0. The Labute approximate surface area is 116 Å². The molecule has 0 saturated carbocycles. The molecule has 0 aliphatic carbocycles. The van der Waals surface area contributed by atoms with E-state index < -0.39 is 5.97 Å². The first-order valence-electron chi connectivity index (χ1n) is 5.86. The molecule has 0 aromatic heterocycles. The fraction of sp³-hybridized carbons (Fsp3) is 0.133. The Hall–Kier alpha value is -1.94. The first kappa shape index (κ1) is 13.5. The molecule has 3 nitrogen and oxygen atoms in total. The van der Waals surface area contributed by atoms with Crippen LogP contribution in [0.1, 0.15) is 21.5 Å². The maximum absolute atomic E-state index is 11.0. The van der Waals surface area contributed by atoms with Gasteiger partial charge in [0.2, 0.25) is 0 Å². The van der Waals surface area contributed by atoms with Crippen molar-refractivity contribution in [3.63, 3.8) is 0 Å². The van der Waals surface area contributed by atoms with Crippen molar-refractivity contribution < 1.29 is 9.90 Å². The number of aryl methyl sites for hydroxylation is 2. The van der Waals surface area contributed by atoms with Crippen LogP contribution < -0.4 is 5.73 Å². The molecule has 0 radical (unpaired) electrons. The average Bonchev–Trinajstić information content (AvgIpc) is 2.36. The number of hydrogen-bond donors (Lipinski definition) is 2. The normalized spacial score (nSPS) is 10.4. The van der Waals surface area contributed by atoms with E-state index in [0.717, 1.165) is 9.79 Å². The van der Waals surface area contributed by atoms with Gasteiger partial charge in [0.25, 0.3) is 0 Å². The summed E-state index contributed by atoms with van der Waals surface area (Å²) in [5.74, 6) is -1.000. The molecule has 4 heteroatoms. The van der Waals surface area contributed by atoms with Crippen LogP contribution in [0.3, 0.4) is 0 Å². The van der Waals surface area contributed by atoms with E-state index in [0.29, 0.717) is 5.69 Å². The lowest BCUT2D eigenvalue weighted by atomic mass is 10.1. The number of para-hydroxylation sites is 1. The number of hydrogen-bond acceptors (Lipinski definition) is 3. The SMILES string of the molecule is Cc1ccc(Sc2cccc(C(=O)O)c2N)cc1C. The highest BCUT2D eigenvalue weighted by atomic mass is 32.2. The van der Waals surface area contributed by atoms with Gasteiger partial charge in [-0.05, 0) is 49.2 Å². The fourth-order valence-electron chi connectivity index (χ4n) is 1.72. The number of nitrogens with two attached hydrogens (primary N) is 1. The summed E-state index contributed by atoms with van der Waals surface area (Å²) in [7, 11) is 0. The third-order valence-electron chi connectivity index (χ3n) is 3.00. The molecule has 0 aliphatic heterocycles. The number of carbonyl (C=O) groups is 1. The third-order valence-corrected chi connectivity index (χ3v) is 4.07. The summed E-state index contributed by atoms with van der Waals surface area (Å²) in [5.41, 5.74) is 8.80. The predicted octanol–water partition coefficient (Wildman–Crippen LogP) is 3.74. The molecule has 0 atom stereocenters. The van der Waals surface area contributed by atoms with Gasteiger partial charge in [-0.3, -0.25) is 0 Å². The topological polar surface area (TPSA) is 63.3 Å². The lowest BCUT2D eigenvalue weighted by Crippen LogP contribution is -2.03. The molecule has 19 heavy (non-hydrogen) atoms. The lowest BCUT2D eigenvalue weighted by Gasteiger charge is -2.09. The number of carboxylic acids is 1. The molecule has 2 aromatic rings. The minimum atomic E-state index is -1.000. The van der Waals surface area contributed by atoms with Crippen LogP contribution in [0.4, 0.5) is 5.69 Å². The van der Waals surface area contributed by atoms with E-state index >= 15 is 0 Å². The summed E-state index contributed by atoms with van der Waals surface area (Å²) in [5, 5.41) is 9.05. The lowest BCUT2D eigenvalue weighted by molar-refractivity contribution is 0.0698.